The number of methoxy groups -OCH3 is 1. The molecule has 0 radical (unpaired) electrons. The highest BCUT2D eigenvalue weighted by atomic mass is 16.5. The minimum atomic E-state index is 0.148. The van der Waals surface area contributed by atoms with Gasteiger partial charge in [-0.1, -0.05) is 0 Å². The molecule has 4 rings (SSSR count). The van der Waals surface area contributed by atoms with Crippen molar-refractivity contribution in [3.05, 3.63) is 53.9 Å². The average Bonchev–Trinajstić information content (AvgIpc) is 3.04. The van der Waals surface area contributed by atoms with Crippen LogP contribution in [0, 0.1) is 5.92 Å². The van der Waals surface area contributed by atoms with Crippen LogP contribution in [-0.2, 0) is 4.74 Å². The molecule has 4 heteroatoms. The number of pyridine rings is 1. The molecule has 4 nitrogen and oxygen atoms in total. The molecular formula is C17H18N2O2. The molecule has 1 unspecified atom stereocenters. The predicted molar refractivity (Wildman–Crippen MR) is 80.4 cm³/mol. The molecule has 3 heterocycles. The molecule has 108 valence electrons. The molecule has 1 aromatic carbocycles. The summed E-state index contributed by atoms with van der Waals surface area (Å²) in [4.78, 5) is 4.12. The number of anilines is 1. The maximum atomic E-state index is 6.02. The Hall–Kier alpha value is -2.07. The smallest absolute Gasteiger partial charge is 0.119 e. The Kier molecular flexibility index (Phi) is 3.04. The zero-order valence-corrected chi connectivity index (χ0v) is 12.0. The number of aromatic nitrogens is 1. The molecule has 3 atom stereocenters. The van der Waals surface area contributed by atoms with Gasteiger partial charge in [0, 0.05) is 36.2 Å². The molecule has 0 aliphatic carbocycles. The number of nitrogens with zero attached hydrogens (tertiary/aromatic N) is 1. The Morgan fingerprint density at radius 3 is 2.90 bits per heavy atom. The SMILES string of the molecule is COc1ccc2c(c1)[C@H]1OCC[C@H]1C(c1ccncc1)N2. The lowest BCUT2D eigenvalue weighted by molar-refractivity contribution is 0.0827. The lowest BCUT2D eigenvalue weighted by Crippen LogP contribution is -2.29. The van der Waals surface area contributed by atoms with Crippen LogP contribution in [0.25, 0.3) is 0 Å². The second-order valence-electron chi connectivity index (χ2n) is 5.60. The Labute approximate surface area is 124 Å². The van der Waals surface area contributed by atoms with E-state index in [2.05, 4.69) is 34.6 Å². The van der Waals surface area contributed by atoms with Crippen LogP contribution in [-0.4, -0.2) is 18.7 Å². The van der Waals surface area contributed by atoms with E-state index in [0.717, 1.165) is 24.5 Å². The Balaban J connectivity index is 1.77. The highest BCUT2D eigenvalue weighted by Crippen LogP contribution is 2.50. The molecule has 0 amide bonds. The van der Waals surface area contributed by atoms with Gasteiger partial charge in [0.05, 0.1) is 19.3 Å². The number of hydrogen-bond donors (Lipinski definition) is 1. The van der Waals surface area contributed by atoms with E-state index in [9.17, 15) is 0 Å². The highest BCUT2D eigenvalue weighted by Gasteiger charge is 2.41. The van der Waals surface area contributed by atoms with E-state index in [0.29, 0.717) is 5.92 Å². The molecule has 1 N–H and O–H groups in total. The number of fused-ring (bicyclic) bond motifs is 3. The van der Waals surface area contributed by atoms with E-state index in [4.69, 9.17) is 9.47 Å². The van der Waals surface area contributed by atoms with Gasteiger partial charge in [-0.3, -0.25) is 4.98 Å². The Bertz CT molecular complexity index is 644. The van der Waals surface area contributed by atoms with E-state index in [1.54, 1.807) is 7.11 Å². The number of hydrogen-bond acceptors (Lipinski definition) is 4. The first-order chi connectivity index (χ1) is 10.4. The standard InChI is InChI=1S/C17H18N2O2/c1-20-12-2-3-15-14(10-12)17-13(6-9-21-17)16(19-15)11-4-7-18-8-5-11/h2-5,7-8,10,13,16-17,19H,6,9H2,1H3/t13-,16?,17-/m0/s1. The van der Waals surface area contributed by atoms with Crippen molar-refractivity contribution in [3.63, 3.8) is 0 Å². The van der Waals surface area contributed by atoms with Crippen molar-refractivity contribution >= 4 is 5.69 Å². The summed E-state index contributed by atoms with van der Waals surface area (Å²) in [7, 11) is 1.70. The fourth-order valence-electron chi connectivity index (χ4n) is 3.48. The molecule has 1 saturated heterocycles. The molecule has 21 heavy (non-hydrogen) atoms. The van der Waals surface area contributed by atoms with Gasteiger partial charge in [-0.25, -0.2) is 0 Å². The molecule has 2 aromatic rings. The third-order valence-corrected chi connectivity index (χ3v) is 4.51. The summed E-state index contributed by atoms with van der Waals surface area (Å²) in [5.74, 6) is 1.33. The van der Waals surface area contributed by atoms with Crippen LogP contribution in [0.2, 0.25) is 0 Å². The van der Waals surface area contributed by atoms with Crippen LogP contribution in [0.5, 0.6) is 5.75 Å². The Morgan fingerprint density at radius 1 is 1.24 bits per heavy atom. The molecule has 2 aliphatic rings. The number of ether oxygens (including phenoxy) is 2. The number of benzene rings is 1. The first-order valence-electron chi connectivity index (χ1n) is 7.33. The van der Waals surface area contributed by atoms with E-state index in [1.807, 2.05) is 18.5 Å². The largest absolute Gasteiger partial charge is 0.497 e. The van der Waals surface area contributed by atoms with Gasteiger partial charge in [-0.2, -0.15) is 0 Å². The zero-order chi connectivity index (χ0) is 14.2. The topological polar surface area (TPSA) is 43.4 Å². The van der Waals surface area contributed by atoms with Gasteiger partial charge in [0.15, 0.2) is 0 Å². The second-order valence-corrected chi connectivity index (χ2v) is 5.60. The minimum absolute atomic E-state index is 0.148. The summed E-state index contributed by atoms with van der Waals surface area (Å²) in [5.41, 5.74) is 3.62. The zero-order valence-electron chi connectivity index (χ0n) is 12.0. The fourth-order valence-corrected chi connectivity index (χ4v) is 3.48. The molecular weight excluding hydrogens is 264 g/mol. The van der Waals surface area contributed by atoms with Crippen LogP contribution >= 0.6 is 0 Å². The molecule has 1 fully saturated rings. The van der Waals surface area contributed by atoms with Crippen molar-refractivity contribution in [1.82, 2.24) is 4.98 Å². The van der Waals surface area contributed by atoms with Crippen LogP contribution in [0.15, 0.2) is 42.7 Å². The summed E-state index contributed by atoms with van der Waals surface area (Å²) in [5, 5.41) is 3.67. The predicted octanol–water partition coefficient (Wildman–Crippen LogP) is 3.33. The second kappa shape index (κ2) is 5.04. The van der Waals surface area contributed by atoms with Gasteiger partial charge < -0.3 is 14.8 Å². The first-order valence-corrected chi connectivity index (χ1v) is 7.33. The Morgan fingerprint density at radius 2 is 2.10 bits per heavy atom. The summed E-state index contributed by atoms with van der Waals surface area (Å²) >= 11 is 0. The summed E-state index contributed by atoms with van der Waals surface area (Å²) in [6, 6.07) is 10.6. The van der Waals surface area contributed by atoms with Crippen molar-refractivity contribution in [3.8, 4) is 5.75 Å². The average molecular weight is 282 g/mol. The van der Waals surface area contributed by atoms with E-state index in [1.165, 1.54) is 11.1 Å². The lowest BCUT2D eigenvalue weighted by Gasteiger charge is -2.36. The normalized spacial score (nSPS) is 26.6. The maximum Gasteiger partial charge on any atom is 0.119 e. The molecule has 0 spiro atoms. The van der Waals surface area contributed by atoms with E-state index >= 15 is 0 Å². The summed E-state index contributed by atoms with van der Waals surface area (Å²) in [6.07, 6.45) is 4.92. The van der Waals surface area contributed by atoms with Gasteiger partial charge in [0.2, 0.25) is 0 Å². The van der Waals surface area contributed by atoms with Crippen LogP contribution in [0.4, 0.5) is 5.69 Å². The van der Waals surface area contributed by atoms with Crippen LogP contribution < -0.4 is 10.1 Å². The lowest BCUT2D eigenvalue weighted by atomic mass is 9.81. The van der Waals surface area contributed by atoms with Crippen molar-refractivity contribution in [2.45, 2.75) is 18.6 Å². The minimum Gasteiger partial charge on any atom is -0.497 e. The van der Waals surface area contributed by atoms with Gasteiger partial charge in [0.1, 0.15) is 5.75 Å². The monoisotopic (exact) mass is 282 g/mol. The molecule has 0 saturated carbocycles. The van der Waals surface area contributed by atoms with Crippen molar-refractivity contribution < 1.29 is 9.47 Å². The van der Waals surface area contributed by atoms with Gasteiger partial charge in [-0.15, -0.1) is 0 Å². The van der Waals surface area contributed by atoms with Crippen molar-refractivity contribution in [2.24, 2.45) is 5.92 Å². The van der Waals surface area contributed by atoms with Crippen molar-refractivity contribution in [2.75, 3.05) is 19.0 Å². The summed E-state index contributed by atoms with van der Waals surface area (Å²) < 4.78 is 11.4. The molecule has 0 bridgehead atoms. The van der Waals surface area contributed by atoms with Gasteiger partial charge in [-0.05, 0) is 42.3 Å². The molecule has 1 aromatic heterocycles. The van der Waals surface area contributed by atoms with Crippen LogP contribution in [0.3, 0.4) is 0 Å². The molecule has 2 aliphatic heterocycles. The maximum absolute atomic E-state index is 6.02. The third kappa shape index (κ3) is 2.07. The van der Waals surface area contributed by atoms with Crippen LogP contribution in [0.1, 0.15) is 29.7 Å². The van der Waals surface area contributed by atoms with Gasteiger partial charge in [0.25, 0.3) is 0 Å². The van der Waals surface area contributed by atoms with E-state index < -0.39 is 0 Å². The number of rotatable bonds is 2. The fraction of sp³-hybridized carbons (Fsp3) is 0.353. The van der Waals surface area contributed by atoms with E-state index in [-0.39, 0.29) is 12.1 Å². The van der Waals surface area contributed by atoms with Gasteiger partial charge >= 0.3 is 0 Å². The van der Waals surface area contributed by atoms with Crippen molar-refractivity contribution in [1.29, 1.82) is 0 Å². The quantitative estimate of drug-likeness (QED) is 0.917. The first kappa shape index (κ1) is 12.7. The third-order valence-electron chi connectivity index (χ3n) is 4.51. The highest BCUT2D eigenvalue weighted by molar-refractivity contribution is 5.59. The number of nitrogens with one attached hydrogen (secondary N) is 1. The summed E-state index contributed by atoms with van der Waals surface area (Å²) in [6.45, 7) is 0.815.